The highest BCUT2D eigenvalue weighted by molar-refractivity contribution is 6.31. The number of amides is 1. The van der Waals surface area contributed by atoms with Crippen LogP contribution in [0.2, 0.25) is 5.02 Å². The molecule has 0 aromatic heterocycles. The Morgan fingerprint density at radius 3 is 2.71 bits per heavy atom. The quantitative estimate of drug-likeness (QED) is 0.813. The second-order valence-electron chi connectivity index (χ2n) is 5.18. The highest BCUT2D eigenvalue weighted by Crippen LogP contribution is 2.39. The molecule has 1 aliphatic carbocycles. The number of rotatable bonds is 3. The monoisotopic (exact) mass is 252 g/mol. The maximum absolute atomic E-state index is 12.1. The molecular weight excluding hydrogens is 236 g/mol. The van der Waals surface area contributed by atoms with Crippen molar-refractivity contribution in [2.24, 2.45) is 5.92 Å². The van der Waals surface area contributed by atoms with E-state index in [2.05, 4.69) is 5.32 Å². The molecule has 1 amide bonds. The molecule has 0 aliphatic heterocycles. The topological polar surface area (TPSA) is 55.1 Å². The zero-order valence-electron chi connectivity index (χ0n) is 10.1. The number of nitrogens with two attached hydrogens (primary N) is 1. The molecule has 0 radical (unpaired) electrons. The summed E-state index contributed by atoms with van der Waals surface area (Å²) < 4.78 is 0. The van der Waals surface area contributed by atoms with Crippen LogP contribution < -0.4 is 11.1 Å². The van der Waals surface area contributed by atoms with E-state index in [1.807, 2.05) is 13.8 Å². The summed E-state index contributed by atoms with van der Waals surface area (Å²) in [5.74, 6) is 0.425. The molecule has 1 saturated carbocycles. The summed E-state index contributed by atoms with van der Waals surface area (Å²) in [6.07, 6.45) is 2.36. The van der Waals surface area contributed by atoms with Crippen LogP contribution >= 0.6 is 11.6 Å². The van der Waals surface area contributed by atoms with Crippen LogP contribution in [0.25, 0.3) is 0 Å². The molecular formula is C13H17ClN2O. The predicted octanol–water partition coefficient (Wildman–Crippen LogP) is 2.84. The molecule has 0 spiro atoms. The van der Waals surface area contributed by atoms with Crippen molar-refractivity contribution >= 4 is 23.2 Å². The molecule has 0 heterocycles. The van der Waals surface area contributed by atoms with Crippen molar-refractivity contribution in [3.8, 4) is 0 Å². The van der Waals surface area contributed by atoms with E-state index in [1.54, 1.807) is 18.2 Å². The molecule has 17 heavy (non-hydrogen) atoms. The summed E-state index contributed by atoms with van der Waals surface area (Å²) in [6.45, 7) is 4.09. The number of hydrogen-bond donors (Lipinski definition) is 2. The molecule has 1 aliphatic rings. The molecule has 1 fully saturated rings. The van der Waals surface area contributed by atoms with Gasteiger partial charge in [-0.15, -0.1) is 0 Å². The zero-order valence-corrected chi connectivity index (χ0v) is 10.8. The van der Waals surface area contributed by atoms with Crippen LogP contribution in [0.15, 0.2) is 18.2 Å². The Kier molecular flexibility index (Phi) is 3.04. The number of nitrogen functional groups attached to an aromatic ring is 1. The summed E-state index contributed by atoms with van der Waals surface area (Å²) in [5.41, 5.74) is 6.51. The number of carbonyl (C=O) groups excluding carboxylic acids is 1. The first-order chi connectivity index (χ1) is 7.90. The van der Waals surface area contributed by atoms with Gasteiger partial charge in [-0.05, 0) is 50.8 Å². The second-order valence-corrected chi connectivity index (χ2v) is 5.62. The fourth-order valence-electron chi connectivity index (χ4n) is 1.99. The van der Waals surface area contributed by atoms with Gasteiger partial charge in [0.25, 0.3) is 5.91 Å². The summed E-state index contributed by atoms with van der Waals surface area (Å²) in [7, 11) is 0. The van der Waals surface area contributed by atoms with Crippen LogP contribution in [-0.2, 0) is 0 Å². The van der Waals surface area contributed by atoms with Gasteiger partial charge < -0.3 is 11.1 Å². The van der Waals surface area contributed by atoms with Gasteiger partial charge in [0.05, 0.1) is 5.56 Å². The highest BCUT2D eigenvalue weighted by Gasteiger charge is 2.39. The molecule has 0 bridgehead atoms. The molecule has 3 nitrogen and oxygen atoms in total. The van der Waals surface area contributed by atoms with Crippen LogP contribution in [0.1, 0.15) is 37.0 Å². The Morgan fingerprint density at radius 2 is 2.12 bits per heavy atom. The Morgan fingerprint density at radius 1 is 1.47 bits per heavy atom. The Hall–Kier alpha value is -1.22. The number of hydrogen-bond acceptors (Lipinski definition) is 2. The van der Waals surface area contributed by atoms with Crippen molar-refractivity contribution in [2.45, 2.75) is 32.2 Å². The molecule has 3 N–H and O–H groups in total. The maximum Gasteiger partial charge on any atom is 0.253 e. The lowest BCUT2D eigenvalue weighted by atomic mass is 9.98. The Balaban J connectivity index is 2.16. The maximum atomic E-state index is 12.1. The van der Waals surface area contributed by atoms with Gasteiger partial charge in [0.1, 0.15) is 0 Å². The minimum atomic E-state index is -0.175. The largest absolute Gasteiger partial charge is 0.398 e. The molecule has 0 unspecified atom stereocenters. The fourth-order valence-corrected chi connectivity index (χ4v) is 2.16. The molecule has 4 heteroatoms. The summed E-state index contributed by atoms with van der Waals surface area (Å²) >= 11 is 5.87. The van der Waals surface area contributed by atoms with Crippen molar-refractivity contribution in [2.75, 3.05) is 5.73 Å². The summed E-state index contributed by atoms with van der Waals surface area (Å²) in [5, 5.41) is 3.55. The molecule has 92 valence electrons. The first kappa shape index (κ1) is 12.2. The van der Waals surface area contributed by atoms with E-state index >= 15 is 0 Å². The highest BCUT2D eigenvalue weighted by atomic mass is 35.5. The van der Waals surface area contributed by atoms with E-state index < -0.39 is 0 Å². The smallest absolute Gasteiger partial charge is 0.253 e. The SMILES string of the molecule is CC(C)(NC(=O)c1cc(Cl)ccc1N)C1CC1. The van der Waals surface area contributed by atoms with E-state index in [9.17, 15) is 4.79 Å². The van der Waals surface area contributed by atoms with Gasteiger partial charge in [-0.1, -0.05) is 11.6 Å². The Bertz CT molecular complexity index is 453. The number of nitrogens with one attached hydrogen (secondary N) is 1. The van der Waals surface area contributed by atoms with Gasteiger partial charge in [0, 0.05) is 16.2 Å². The lowest BCUT2D eigenvalue weighted by Crippen LogP contribution is -2.45. The Labute approximate surface area is 106 Å². The standard InChI is InChI=1S/C13H17ClN2O/c1-13(2,8-3-4-8)16-12(17)10-7-9(14)5-6-11(10)15/h5-8H,3-4,15H2,1-2H3,(H,16,17). The predicted molar refractivity (Wildman–Crippen MR) is 70.1 cm³/mol. The van der Waals surface area contributed by atoms with E-state index in [1.165, 1.54) is 12.8 Å². The number of carbonyl (C=O) groups is 1. The van der Waals surface area contributed by atoms with E-state index in [4.69, 9.17) is 17.3 Å². The third-order valence-corrected chi connectivity index (χ3v) is 3.53. The average Bonchev–Trinajstić information content (AvgIpc) is 3.04. The van der Waals surface area contributed by atoms with Crippen LogP contribution in [-0.4, -0.2) is 11.4 Å². The molecule has 2 rings (SSSR count). The van der Waals surface area contributed by atoms with Gasteiger partial charge in [-0.25, -0.2) is 0 Å². The van der Waals surface area contributed by atoms with Gasteiger partial charge in [0.15, 0.2) is 0 Å². The minimum Gasteiger partial charge on any atom is -0.398 e. The van der Waals surface area contributed by atoms with Crippen molar-refractivity contribution in [3.05, 3.63) is 28.8 Å². The van der Waals surface area contributed by atoms with Crippen molar-refractivity contribution in [1.29, 1.82) is 0 Å². The fraction of sp³-hybridized carbons (Fsp3) is 0.462. The third-order valence-electron chi connectivity index (χ3n) is 3.29. The summed E-state index contributed by atoms with van der Waals surface area (Å²) in [6, 6.07) is 4.94. The first-order valence-corrected chi connectivity index (χ1v) is 6.15. The number of benzene rings is 1. The molecule has 0 saturated heterocycles. The minimum absolute atomic E-state index is 0.151. The normalized spacial score (nSPS) is 15.7. The molecule has 0 atom stereocenters. The zero-order chi connectivity index (χ0) is 12.6. The third kappa shape index (κ3) is 2.72. The van der Waals surface area contributed by atoms with E-state index in [-0.39, 0.29) is 11.4 Å². The van der Waals surface area contributed by atoms with Crippen molar-refractivity contribution < 1.29 is 4.79 Å². The summed E-state index contributed by atoms with van der Waals surface area (Å²) in [4.78, 5) is 12.1. The van der Waals surface area contributed by atoms with Crippen LogP contribution in [0.4, 0.5) is 5.69 Å². The number of halogens is 1. The molecule has 1 aromatic carbocycles. The number of anilines is 1. The van der Waals surface area contributed by atoms with Crippen LogP contribution in [0.5, 0.6) is 0 Å². The lowest BCUT2D eigenvalue weighted by molar-refractivity contribution is 0.0904. The van der Waals surface area contributed by atoms with Crippen LogP contribution in [0, 0.1) is 5.92 Å². The van der Waals surface area contributed by atoms with Gasteiger partial charge in [0.2, 0.25) is 0 Å². The molecule has 1 aromatic rings. The van der Waals surface area contributed by atoms with E-state index in [0.29, 0.717) is 22.2 Å². The van der Waals surface area contributed by atoms with Crippen LogP contribution in [0.3, 0.4) is 0 Å². The van der Waals surface area contributed by atoms with Gasteiger partial charge in [-0.2, -0.15) is 0 Å². The van der Waals surface area contributed by atoms with E-state index in [0.717, 1.165) is 0 Å². The first-order valence-electron chi connectivity index (χ1n) is 5.77. The van der Waals surface area contributed by atoms with Crippen molar-refractivity contribution in [3.63, 3.8) is 0 Å². The average molecular weight is 253 g/mol. The van der Waals surface area contributed by atoms with Gasteiger partial charge >= 0.3 is 0 Å². The van der Waals surface area contributed by atoms with Crippen molar-refractivity contribution in [1.82, 2.24) is 5.32 Å². The second kappa shape index (κ2) is 4.22. The lowest BCUT2D eigenvalue weighted by Gasteiger charge is -2.26. The van der Waals surface area contributed by atoms with Gasteiger partial charge in [-0.3, -0.25) is 4.79 Å².